The summed E-state index contributed by atoms with van der Waals surface area (Å²) in [4.78, 5) is 12.9. The Morgan fingerprint density at radius 2 is 1.87 bits per heavy atom. The van der Waals surface area contributed by atoms with Crippen LogP contribution in [0, 0.1) is 18.3 Å². The molecule has 4 aromatic rings. The highest BCUT2D eigenvalue weighted by molar-refractivity contribution is 6.14. The van der Waals surface area contributed by atoms with Crippen LogP contribution in [-0.4, -0.2) is 22.7 Å². The Labute approximate surface area is 179 Å². The molecule has 0 aliphatic rings. The van der Waals surface area contributed by atoms with E-state index < -0.39 is 5.78 Å². The largest absolute Gasteiger partial charge is 0.496 e. The topological polar surface area (TPSA) is 81.0 Å². The molecule has 0 N–H and O–H groups in total. The number of allylic oxidation sites excluding steroid dienone is 1. The van der Waals surface area contributed by atoms with Crippen LogP contribution in [0.25, 0.3) is 23.0 Å². The first-order valence-electron chi connectivity index (χ1n) is 9.61. The molecule has 2 aromatic carbocycles. The Balaban J connectivity index is 1.89. The minimum atomic E-state index is -0.396. The van der Waals surface area contributed by atoms with Gasteiger partial charge in [-0.05, 0) is 43.3 Å². The zero-order valence-corrected chi connectivity index (χ0v) is 17.1. The van der Waals surface area contributed by atoms with Crippen molar-refractivity contribution in [2.45, 2.75) is 6.92 Å². The highest BCUT2D eigenvalue weighted by Gasteiger charge is 2.20. The van der Waals surface area contributed by atoms with Crippen LogP contribution < -0.4 is 4.74 Å². The van der Waals surface area contributed by atoms with E-state index in [0.29, 0.717) is 28.3 Å². The maximum atomic E-state index is 12.9. The van der Waals surface area contributed by atoms with Crippen molar-refractivity contribution >= 4 is 11.9 Å². The minimum Gasteiger partial charge on any atom is -0.496 e. The molecule has 4 rings (SSSR count). The van der Waals surface area contributed by atoms with Crippen molar-refractivity contribution in [1.29, 1.82) is 5.26 Å². The number of hydrogen-bond donors (Lipinski definition) is 0. The highest BCUT2D eigenvalue weighted by atomic mass is 16.5. The van der Waals surface area contributed by atoms with E-state index in [9.17, 15) is 10.1 Å². The Morgan fingerprint density at radius 3 is 2.55 bits per heavy atom. The van der Waals surface area contributed by atoms with E-state index in [2.05, 4.69) is 0 Å². The van der Waals surface area contributed by atoms with Crippen LogP contribution in [0.5, 0.6) is 5.75 Å². The predicted octanol–water partition coefficient (Wildman–Crippen LogP) is 5.24. The fraction of sp³-hybridized carbons (Fsp3) is 0.0800. The van der Waals surface area contributed by atoms with E-state index in [1.165, 1.54) is 6.26 Å². The number of carbonyl (C=O) groups is 1. The van der Waals surface area contributed by atoms with Gasteiger partial charge in [-0.1, -0.05) is 30.3 Å². The normalized spacial score (nSPS) is 11.2. The summed E-state index contributed by atoms with van der Waals surface area (Å²) in [5.74, 6) is 0.717. The lowest BCUT2D eigenvalue weighted by atomic mass is 10.0. The molecule has 0 atom stereocenters. The predicted molar refractivity (Wildman–Crippen MR) is 117 cm³/mol. The lowest BCUT2D eigenvalue weighted by molar-refractivity contribution is 0.103. The molecule has 0 fully saturated rings. The van der Waals surface area contributed by atoms with E-state index in [-0.39, 0.29) is 5.57 Å². The summed E-state index contributed by atoms with van der Waals surface area (Å²) in [6.45, 7) is 1.69. The number of nitrogens with zero attached hydrogens (tertiary/aromatic N) is 3. The molecule has 0 spiro atoms. The van der Waals surface area contributed by atoms with Crippen LogP contribution in [0.4, 0.5) is 0 Å². The van der Waals surface area contributed by atoms with Crippen molar-refractivity contribution in [2.24, 2.45) is 0 Å². The van der Waals surface area contributed by atoms with Gasteiger partial charge in [0, 0.05) is 17.3 Å². The number of aryl methyl sites for hydroxylation is 1. The van der Waals surface area contributed by atoms with Crippen molar-refractivity contribution in [2.75, 3.05) is 7.11 Å². The molecule has 0 unspecified atom stereocenters. The van der Waals surface area contributed by atoms with Crippen molar-refractivity contribution in [3.63, 3.8) is 0 Å². The van der Waals surface area contributed by atoms with Gasteiger partial charge in [0.25, 0.3) is 0 Å². The number of hydrogen-bond acceptors (Lipinski definition) is 5. The number of Topliss-reactive ketones (excluding diaryl/α,β-unsaturated/α-hetero) is 1. The Morgan fingerprint density at radius 1 is 1.13 bits per heavy atom. The average molecular weight is 409 g/mol. The Kier molecular flexibility index (Phi) is 5.50. The second kappa shape index (κ2) is 8.56. The zero-order chi connectivity index (χ0) is 21.8. The third-order valence-electron chi connectivity index (χ3n) is 4.89. The summed E-state index contributed by atoms with van der Waals surface area (Å²) in [6, 6.07) is 20.7. The molecule has 152 valence electrons. The van der Waals surface area contributed by atoms with Crippen LogP contribution in [0.15, 0.2) is 83.1 Å². The molecule has 2 heterocycles. The van der Waals surface area contributed by atoms with E-state index in [1.54, 1.807) is 37.1 Å². The summed E-state index contributed by atoms with van der Waals surface area (Å²) in [6.07, 6.45) is 4.79. The van der Waals surface area contributed by atoms with Gasteiger partial charge in [-0.15, -0.1) is 0 Å². The molecule has 0 aliphatic heterocycles. The summed E-state index contributed by atoms with van der Waals surface area (Å²) in [7, 11) is 1.59. The van der Waals surface area contributed by atoms with Crippen molar-refractivity contribution in [3.05, 3.63) is 95.6 Å². The lowest BCUT2D eigenvalue weighted by Crippen LogP contribution is -2.02. The zero-order valence-electron chi connectivity index (χ0n) is 17.1. The molecule has 6 nitrogen and oxygen atoms in total. The number of methoxy groups -OCH3 is 1. The first-order valence-corrected chi connectivity index (χ1v) is 9.61. The lowest BCUT2D eigenvalue weighted by Gasteiger charge is -2.07. The van der Waals surface area contributed by atoms with Gasteiger partial charge in [0.1, 0.15) is 28.8 Å². The van der Waals surface area contributed by atoms with Crippen molar-refractivity contribution in [3.8, 4) is 28.8 Å². The second-order valence-corrected chi connectivity index (χ2v) is 6.80. The first kappa shape index (κ1) is 19.9. The molecule has 0 aliphatic carbocycles. The van der Waals surface area contributed by atoms with Crippen LogP contribution in [0.1, 0.15) is 21.7 Å². The monoisotopic (exact) mass is 409 g/mol. The van der Waals surface area contributed by atoms with Crippen LogP contribution in [0.3, 0.4) is 0 Å². The molecule has 0 bridgehead atoms. The van der Waals surface area contributed by atoms with E-state index in [4.69, 9.17) is 14.3 Å². The van der Waals surface area contributed by atoms with E-state index in [0.717, 1.165) is 11.3 Å². The van der Waals surface area contributed by atoms with Gasteiger partial charge in [0.2, 0.25) is 5.78 Å². The number of furan rings is 1. The molecular weight excluding hydrogens is 390 g/mol. The third-order valence-corrected chi connectivity index (χ3v) is 4.89. The quantitative estimate of drug-likeness (QED) is 0.247. The molecule has 0 saturated heterocycles. The number of aromatic nitrogens is 2. The van der Waals surface area contributed by atoms with Crippen molar-refractivity contribution < 1.29 is 13.9 Å². The van der Waals surface area contributed by atoms with Crippen LogP contribution in [0.2, 0.25) is 0 Å². The molecule has 2 aromatic heterocycles. The fourth-order valence-corrected chi connectivity index (χ4v) is 3.33. The summed E-state index contributed by atoms with van der Waals surface area (Å²) in [5, 5.41) is 14.5. The van der Waals surface area contributed by atoms with Crippen LogP contribution >= 0.6 is 0 Å². The van der Waals surface area contributed by atoms with Gasteiger partial charge in [-0.25, -0.2) is 4.68 Å². The van der Waals surface area contributed by atoms with Gasteiger partial charge in [0.15, 0.2) is 0 Å². The third kappa shape index (κ3) is 3.89. The number of rotatable bonds is 6. The number of nitriles is 1. The average Bonchev–Trinajstić information content (AvgIpc) is 3.43. The standard InChI is InChI=1S/C25H19N3O3/c1-17-21(12-13-31-17)25(29)18(15-26)14-19-16-28(20-8-4-3-5-9-20)27-24(19)22-10-6-7-11-23(22)30-2/h3-14,16H,1-2H3/b18-14+. The molecule has 31 heavy (non-hydrogen) atoms. The van der Waals surface area contributed by atoms with E-state index in [1.807, 2.05) is 60.7 Å². The van der Waals surface area contributed by atoms with Gasteiger partial charge < -0.3 is 9.15 Å². The fourth-order valence-electron chi connectivity index (χ4n) is 3.33. The number of benzene rings is 2. The van der Waals surface area contributed by atoms with Gasteiger partial charge in [0.05, 0.1) is 24.6 Å². The second-order valence-electron chi connectivity index (χ2n) is 6.80. The highest BCUT2D eigenvalue weighted by Crippen LogP contribution is 2.33. The Bertz CT molecular complexity index is 1310. The van der Waals surface area contributed by atoms with Gasteiger partial charge in [-0.2, -0.15) is 10.4 Å². The smallest absolute Gasteiger partial charge is 0.207 e. The number of ether oxygens (including phenoxy) is 1. The maximum absolute atomic E-state index is 12.9. The number of carbonyl (C=O) groups excluding carboxylic acids is 1. The molecular formula is C25H19N3O3. The van der Waals surface area contributed by atoms with E-state index >= 15 is 0 Å². The maximum Gasteiger partial charge on any atom is 0.207 e. The summed E-state index contributed by atoms with van der Waals surface area (Å²) >= 11 is 0. The van der Waals surface area contributed by atoms with Crippen molar-refractivity contribution in [1.82, 2.24) is 9.78 Å². The molecule has 0 amide bonds. The number of para-hydroxylation sites is 2. The Hall–Kier alpha value is -4.37. The molecule has 0 saturated carbocycles. The first-order chi connectivity index (χ1) is 15.1. The number of ketones is 1. The molecule has 6 heteroatoms. The SMILES string of the molecule is COc1ccccc1-c1nn(-c2ccccc2)cc1/C=C(\C#N)C(=O)c1ccoc1C. The van der Waals surface area contributed by atoms with Crippen LogP contribution in [-0.2, 0) is 0 Å². The van der Waals surface area contributed by atoms with Gasteiger partial charge >= 0.3 is 0 Å². The summed E-state index contributed by atoms with van der Waals surface area (Å²) < 4.78 is 12.5. The van der Waals surface area contributed by atoms with Gasteiger partial charge in [-0.3, -0.25) is 4.79 Å². The summed E-state index contributed by atoms with van der Waals surface area (Å²) in [5.41, 5.74) is 3.20. The minimum absolute atomic E-state index is 0.00624. The molecule has 0 radical (unpaired) electrons.